The second-order valence-corrected chi connectivity index (χ2v) is 4.62. The van der Waals surface area contributed by atoms with Crippen LogP contribution in [0.4, 0.5) is 5.69 Å². The topological polar surface area (TPSA) is 84.2 Å². The lowest BCUT2D eigenvalue weighted by Gasteiger charge is -2.08. The van der Waals surface area contributed by atoms with Gasteiger partial charge in [0, 0.05) is 11.7 Å². The summed E-state index contributed by atoms with van der Waals surface area (Å²) in [5.41, 5.74) is 7.58. The third-order valence-electron chi connectivity index (χ3n) is 2.80. The van der Waals surface area contributed by atoms with Crippen LogP contribution in [0.15, 0.2) is 18.2 Å². The highest BCUT2D eigenvalue weighted by molar-refractivity contribution is 6.00. The molecule has 0 atom stereocenters. The molecule has 0 bridgehead atoms. The average Bonchev–Trinajstić information content (AvgIpc) is 3.10. The van der Waals surface area contributed by atoms with Gasteiger partial charge in [-0.2, -0.15) is 0 Å². The second kappa shape index (κ2) is 5.08. The van der Waals surface area contributed by atoms with E-state index in [9.17, 15) is 9.59 Å². The first-order chi connectivity index (χ1) is 8.56. The molecule has 1 aliphatic carbocycles. The second-order valence-electron chi connectivity index (χ2n) is 4.62. The van der Waals surface area contributed by atoms with Gasteiger partial charge in [0.25, 0.3) is 5.91 Å². The molecule has 5 nitrogen and oxygen atoms in total. The van der Waals surface area contributed by atoms with Crippen LogP contribution >= 0.6 is 0 Å². The molecule has 0 unspecified atom stereocenters. The van der Waals surface area contributed by atoms with E-state index < -0.39 is 0 Å². The molecule has 1 saturated carbocycles. The first-order valence-electron chi connectivity index (χ1n) is 6.00. The van der Waals surface area contributed by atoms with Gasteiger partial charge < -0.3 is 16.4 Å². The largest absolute Gasteiger partial charge is 0.398 e. The molecule has 0 aliphatic heterocycles. The lowest BCUT2D eigenvalue weighted by molar-refractivity contribution is -0.120. The molecule has 18 heavy (non-hydrogen) atoms. The summed E-state index contributed by atoms with van der Waals surface area (Å²) in [5, 5.41) is 5.36. The maximum Gasteiger partial charge on any atom is 0.253 e. The molecule has 1 fully saturated rings. The van der Waals surface area contributed by atoms with Gasteiger partial charge >= 0.3 is 0 Å². The van der Waals surface area contributed by atoms with Crippen molar-refractivity contribution in [3.8, 4) is 0 Å². The number of rotatable bonds is 4. The Balaban J connectivity index is 1.88. The number of hydrogen-bond acceptors (Lipinski definition) is 3. The molecule has 0 heterocycles. The Morgan fingerprint density at radius 2 is 2.11 bits per heavy atom. The Bertz CT molecular complexity index is 481. The van der Waals surface area contributed by atoms with Crippen LogP contribution in [0, 0.1) is 6.92 Å². The van der Waals surface area contributed by atoms with Crippen LogP contribution in [0.2, 0.25) is 0 Å². The Kier molecular flexibility index (Phi) is 3.50. The summed E-state index contributed by atoms with van der Waals surface area (Å²) in [6, 6.07) is 5.52. The van der Waals surface area contributed by atoms with Gasteiger partial charge in [0.2, 0.25) is 5.91 Å². The molecule has 0 aromatic heterocycles. The molecule has 96 valence electrons. The fourth-order valence-corrected chi connectivity index (χ4v) is 1.65. The first kappa shape index (κ1) is 12.4. The van der Waals surface area contributed by atoms with E-state index in [1.54, 1.807) is 12.1 Å². The number of nitrogen functional groups attached to an aromatic ring is 1. The van der Waals surface area contributed by atoms with Gasteiger partial charge in [0.15, 0.2) is 0 Å². The van der Waals surface area contributed by atoms with Crippen molar-refractivity contribution >= 4 is 17.5 Å². The predicted molar refractivity (Wildman–Crippen MR) is 69.1 cm³/mol. The summed E-state index contributed by atoms with van der Waals surface area (Å²) in [7, 11) is 0. The maximum absolute atomic E-state index is 11.8. The number of benzene rings is 1. The van der Waals surface area contributed by atoms with Crippen molar-refractivity contribution in [1.82, 2.24) is 10.6 Å². The highest BCUT2D eigenvalue weighted by Crippen LogP contribution is 2.18. The third-order valence-corrected chi connectivity index (χ3v) is 2.80. The number of aryl methyl sites for hydroxylation is 1. The number of hydrogen-bond donors (Lipinski definition) is 3. The van der Waals surface area contributed by atoms with E-state index in [1.165, 1.54) is 0 Å². The third kappa shape index (κ3) is 3.23. The zero-order valence-corrected chi connectivity index (χ0v) is 10.3. The fourth-order valence-electron chi connectivity index (χ4n) is 1.65. The van der Waals surface area contributed by atoms with Gasteiger partial charge in [-0.05, 0) is 37.5 Å². The SMILES string of the molecule is Cc1ccc(C(=O)NCC(=O)NC2CC2)c(N)c1. The van der Waals surface area contributed by atoms with E-state index in [2.05, 4.69) is 10.6 Å². The van der Waals surface area contributed by atoms with Gasteiger partial charge in [-0.25, -0.2) is 0 Å². The van der Waals surface area contributed by atoms with E-state index in [0.29, 0.717) is 17.3 Å². The van der Waals surface area contributed by atoms with Crippen molar-refractivity contribution in [3.63, 3.8) is 0 Å². The van der Waals surface area contributed by atoms with Crippen LogP contribution in [0.5, 0.6) is 0 Å². The van der Waals surface area contributed by atoms with Gasteiger partial charge in [0.1, 0.15) is 0 Å². The Morgan fingerprint density at radius 3 is 2.72 bits per heavy atom. The van der Waals surface area contributed by atoms with Crippen molar-refractivity contribution < 1.29 is 9.59 Å². The zero-order valence-electron chi connectivity index (χ0n) is 10.3. The molecule has 1 aliphatic rings. The van der Waals surface area contributed by atoms with Crippen molar-refractivity contribution in [1.29, 1.82) is 0 Å². The van der Waals surface area contributed by atoms with Crippen LogP contribution < -0.4 is 16.4 Å². The van der Waals surface area contributed by atoms with Gasteiger partial charge in [-0.1, -0.05) is 6.07 Å². The van der Waals surface area contributed by atoms with Gasteiger partial charge in [0.05, 0.1) is 12.1 Å². The molecule has 4 N–H and O–H groups in total. The Hall–Kier alpha value is -2.04. The lowest BCUT2D eigenvalue weighted by Crippen LogP contribution is -2.38. The molecular formula is C13H17N3O2. The molecule has 1 aromatic rings. The molecule has 0 saturated heterocycles. The quantitative estimate of drug-likeness (QED) is 0.681. The number of carbonyl (C=O) groups excluding carboxylic acids is 2. The molecule has 2 amide bonds. The highest BCUT2D eigenvalue weighted by Gasteiger charge is 2.23. The summed E-state index contributed by atoms with van der Waals surface area (Å²) in [5.74, 6) is -0.477. The van der Waals surface area contributed by atoms with Crippen LogP contribution in [-0.2, 0) is 4.79 Å². The number of nitrogens with one attached hydrogen (secondary N) is 2. The Labute approximate surface area is 106 Å². The molecule has 0 radical (unpaired) electrons. The fraction of sp³-hybridized carbons (Fsp3) is 0.385. The number of nitrogens with two attached hydrogens (primary N) is 1. The predicted octanol–water partition coefficient (Wildman–Crippen LogP) is 0.586. The minimum Gasteiger partial charge on any atom is -0.398 e. The average molecular weight is 247 g/mol. The van der Waals surface area contributed by atoms with E-state index in [0.717, 1.165) is 18.4 Å². The lowest BCUT2D eigenvalue weighted by atomic mass is 10.1. The summed E-state index contributed by atoms with van der Waals surface area (Å²) in [6.07, 6.45) is 2.06. The summed E-state index contributed by atoms with van der Waals surface area (Å²) >= 11 is 0. The van der Waals surface area contributed by atoms with Crippen molar-refractivity contribution in [3.05, 3.63) is 29.3 Å². The van der Waals surface area contributed by atoms with Crippen molar-refractivity contribution in [2.75, 3.05) is 12.3 Å². The van der Waals surface area contributed by atoms with Crippen LogP contribution in [-0.4, -0.2) is 24.4 Å². The maximum atomic E-state index is 11.8. The molecule has 1 aromatic carbocycles. The molecule has 5 heteroatoms. The van der Waals surface area contributed by atoms with Crippen molar-refractivity contribution in [2.45, 2.75) is 25.8 Å². The smallest absolute Gasteiger partial charge is 0.253 e. The van der Waals surface area contributed by atoms with E-state index in [1.807, 2.05) is 13.0 Å². The molecule has 0 spiro atoms. The normalized spacial score (nSPS) is 14.1. The summed E-state index contributed by atoms with van der Waals surface area (Å²) < 4.78 is 0. The van der Waals surface area contributed by atoms with E-state index in [-0.39, 0.29) is 18.4 Å². The van der Waals surface area contributed by atoms with Gasteiger partial charge in [-0.3, -0.25) is 9.59 Å². The van der Waals surface area contributed by atoms with Gasteiger partial charge in [-0.15, -0.1) is 0 Å². The van der Waals surface area contributed by atoms with E-state index >= 15 is 0 Å². The monoisotopic (exact) mass is 247 g/mol. The number of anilines is 1. The van der Waals surface area contributed by atoms with Crippen molar-refractivity contribution in [2.24, 2.45) is 0 Å². The minimum absolute atomic E-state index is 0.0113. The van der Waals surface area contributed by atoms with E-state index in [4.69, 9.17) is 5.73 Å². The Morgan fingerprint density at radius 1 is 1.39 bits per heavy atom. The standard InChI is InChI=1S/C13H17N3O2/c1-8-2-5-10(11(14)6-8)13(18)15-7-12(17)16-9-3-4-9/h2,5-6,9H,3-4,7,14H2,1H3,(H,15,18)(H,16,17). The van der Waals surface area contributed by atoms with Crippen LogP contribution in [0.3, 0.4) is 0 Å². The number of carbonyl (C=O) groups is 2. The summed E-state index contributed by atoms with van der Waals surface area (Å²) in [4.78, 5) is 23.2. The number of amides is 2. The van der Waals surface area contributed by atoms with Crippen LogP contribution in [0.1, 0.15) is 28.8 Å². The summed E-state index contributed by atoms with van der Waals surface area (Å²) in [6.45, 7) is 1.89. The highest BCUT2D eigenvalue weighted by atomic mass is 16.2. The van der Waals surface area contributed by atoms with Crippen LogP contribution in [0.25, 0.3) is 0 Å². The molecule has 2 rings (SSSR count). The minimum atomic E-state index is -0.321. The first-order valence-corrected chi connectivity index (χ1v) is 6.00. The zero-order chi connectivity index (χ0) is 13.1. The molecular weight excluding hydrogens is 230 g/mol.